The summed E-state index contributed by atoms with van der Waals surface area (Å²) in [6.45, 7) is 5.74. The third-order valence-electron chi connectivity index (χ3n) is 4.96. The van der Waals surface area contributed by atoms with Gasteiger partial charge in [-0.05, 0) is 57.9 Å². The van der Waals surface area contributed by atoms with E-state index in [1.165, 1.54) is 14.0 Å². The third-order valence-corrected chi connectivity index (χ3v) is 4.96. The minimum absolute atomic E-state index is 0.0122. The van der Waals surface area contributed by atoms with Crippen molar-refractivity contribution in [3.8, 4) is 11.4 Å². The van der Waals surface area contributed by atoms with Crippen LogP contribution >= 0.6 is 0 Å². The number of carbonyl (C=O) groups excluding carboxylic acids is 1. The highest BCUT2D eigenvalue weighted by Gasteiger charge is 2.33. The second-order valence-electron chi connectivity index (χ2n) is 8.58. The standard InChI is InChI=1S/C21H25N3O6/c1-21(2,3)30-20(28)22-10-11-23-16(12-22)17(18(25)26)24(19(23)27)13-4-6-14(7-5-13)29-15-8-9-15/h4-7,15H,8-12H2,1-3H3,(H,25,26). The highest BCUT2D eigenvalue weighted by atomic mass is 16.6. The topological polar surface area (TPSA) is 103 Å². The maximum absolute atomic E-state index is 13.0. The molecule has 0 radical (unpaired) electrons. The van der Waals surface area contributed by atoms with E-state index in [2.05, 4.69) is 0 Å². The number of aromatic carboxylic acids is 1. The zero-order chi connectivity index (χ0) is 21.6. The van der Waals surface area contributed by atoms with Crippen molar-refractivity contribution < 1.29 is 24.2 Å². The first-order valence-electron chi connectivity index (χ1n) is 9.97. The molecule has 4 rings (SSSR count). The highest BCUT2D eigenvalue weighted by molar-refractivity contribution is 5.88. The van der Waals surface area contributed by atoms with Gasteiger partial charge in [0.05, 0.1) is 24.0 Å². The summed E-state index contributed by atoms with van der Waals surface area (Å²) >= 11 is 0. The van der Waals surface area contributed by atoms with E-state index >= 15 is 0 Å². The van der Waals surface area contributed by atoms with Gasteiger partial charge in [0.15, 0.2) is 5.69 Å². The van der Waals surface area contributed by atoms with Crippen LogP contribution in [0.2, 0.25) is 0 Å². The molecule has 1 fully saturated rings. The average Bonchev–Trinajstić information content (AvgIpc) is 3.43. The fourth-order valence-electron chi connectivity index (χ4n) is 3.45. The van der Waals surface area contributed by atoms with Crippen molar-refractivity contribution in [1.29, 1.82) is 0 Å². The second-order valence-corrected chi connectivity index (χ2v) is 8.58. The summed E-state index contributed by atoms with van der Waals surface area (Å²) < 4.78 is 13.7. The predicted octanol–water partition coefficient (Wildman–Crippen LogP) is 2.63. The Morgan fingerprint density at radius 2 is 1.77 bits per heavy atom. The largest absolute Gasteiger partial charge is 0.490 e. The molecule has 9 nitrogen and oxygen atoms in total. The van der Waals surface area contributed by atoms with Crippen LogP contribution in [0.4, 0.5) is 4.79 Å². The molecule has 0 bridgehead atoms. The van der Waals surface area contributed by atoms with Gasteiger partial charge in [-0.1, -0.05) is 0 Å². The quantitative estimate of drug-likeness (QED) is 0.823. The number of nitrogens with zero attached hydrogens (tertiary/aromatic N) is 3. The molecule has 1 aromatic carbocycles. The number of hydrogen-bond acceptors (Lipinski definition) is 5. The van der Waals surface area contributed by atoms with E-state index < -0.39 is 23.4 Å². The molecular formula is C21H25N3O6. The van der Waals surface area contributed by atoms with Crippen molar-refractivity contribution in [2.75, 3.05) is 6.54 Å². The Morgan fingerprint density at radius 1 is 1.10 bits per heavy atom. The van der Waals surface area contributed by atoms with Gasteiger partial charge in [0.1, 0.15) is 11.4 Å². The molecule has 1 aliphatic heterocycles. The normalized spacial score (nSPS) is 16.2. The molecule has 30 heavy (non-hydrogen) atoms. The molecule has 2 aromatic rings. The van der Waals surface area contributed by atoms with Crippen LogP contribution in [0.25, 0.3) is 5.69 Å². The Morgan fingerprint density at radius 3 is 2.33 bits per heavy atom. The molecule has 0 spiro atoms. The number of carboxylic acid groups (broad SMARTS) is 1. The monoisotopic (exact) mass is 415 g/mol. The lowest BCUT2D eigenvalue weighted by molar-refractivity contribution is 0.0195. The first-order valence-corrected chi connectivity index (χ1v) is 9.97. The number of aromatic nitrogens is 2. The molecule has 0 saturated heterocycles. The van der Waals surface area contributed by atoms with Crippen LogP contribution in [0, 0.1) is 0 Å². The van der Waals surface area contributed by atoms with Gasteiger partial charge in [-0.25, -0.2) is 14.4 Å². The van der Waals surface area contributed by atoms with E-state index in [4.69, 9.17) is 9.47 Å². The minimum Gasteiger partial charge on any atom is -0.490 e. The number of rotatable bonds is 4. The van der Waals surface area contributed by atoms with Crippen LogP contribution in [-0.2, 0) is 17.8 Å². The lowest BCUT2D eigenvalue weighted by Crippen LogP contribution is -2.43. The third kappa shape index (κ3) is 3.92. The molecule has 1 aromatic heterocycles. The lowest BCUT2D eigenvalue weighted by Gasteiger charge is -2.30. The molecule has 1 saturated carbocycles. The minimum atomic E-state index is -1.23. The van der Waals surface area contributed by atoms with E-state index in [0.29, 0.717) is 11.4 Å². The number of ether oxygens (including phenoxy) is 2. The molecule has 2 heterocycles. The molecular weight excluding hydrogens is 390 g/mol. The molecule has 0 unspecified atom stereocenters. The van der Waals surface area contributed by atoms with E-state index in [0.717, 1.165) is 12.8 Å². The Labute approximate surface area is 173 Å². The fraction of sp³-hybridized carbons (Fsp3) is 0.476. The van der Waals surface area contributed by atoms with Gasteiger partial charge in [0, 0.05) is 13.1 Å². The first kappa shape index (κ1) is 20.1. The summed E-state index contributed by atoms with van der Waals surface area (Å²) in [5, 5.41) is 9.86. The fourth-order valence-corrected chi connectivity index (χ4v) is 3.45. The lowest BCUT2D eigenvalue weighted by atomic mass is 10.2. The molecule has 1 amide bonds. The van der Waals surface area contributed by atoms with Crippen LogP contribution in [0.5, 0.6) is 5.75 Å². The summed E-state index contributed by atoms with van der Waals surface area (Å²) in [6, 6.07) is 6.80. The maximum atomic E-state index is 13.0. The average molecular weight is 415 g/mol. The van der Waals surface area contributed by atoms with Crippen molar-refractivity contribution in [2.24, 2.45) is 0 Å². The van der Waals surface area contributed by atoms with E-state index in [1.807, 2.05) is 0 Å². The zero-order valence-electron chi connectivity index (χ0n) is 17.3. The summed E-state index contributed by atoms with van der Waals surface area (Å²) in [7, 11) is 0. The Kier molecular flexibility index (Phi) is 4.83. The number of carbonyl (C=O) groups is 2. The van der Waals surface area contributed by atoms with Crippen molar-refractivity contribution in [3.05, 3.63) is 46.1 Å². The van der Waals surface area contributed by atoms with Crippen LogP contribution in [-0.4, -0.2) is 49.5 Å². The molecule has 1 N–H and O–H groups in total. The number of carboxylic acids is 1. The molecule has 9 heteroatoms. The van der Waals surface area contributed by atoms with E-state index in [9.17, 15) is 19.5 Å². The number of benzene rings is 1. The van der Waals surface area contributed by atoms with Crippen molar-refractivity contribution >= 4 is 12.1 Å². The Balaban J connectivity index is 1.68. The van der Waals surface area contributed by atoms with Gasteiger partial charge >= 0.3 is 17.8 Å². The van der Waals surface area contributed by atoms with Crippen molar-refractivity contribution in [2.45, 2.75) is 58.4 Å². The van der Waals surface area contributed by atoms with Gasteiger partial charge in [0.25, 0.3) is 0 Å². The number of fused-ring (bicyclic) bond motifs is 1. The molecule has 2 aliphatic rings. The molecule has 1 aliphatic carbocycles. The molecule has 0 atom stereocenters. The highest BCUT2D eigenvalue weighted by Crippen LogP contribution is 2.28. The SMILES string of the molecule is CC(C)(C)OC(=O)N1CCn2c(c(C(=O)O)n(-c3ccc(OC4CC4)cc3)c2=O)C1. The Hall–Kier alpha value is -3.23. The summed E-state index contributed by atoms with van der Waals surface area (Å²) in [5.41, 5.74) is -0.541. The van der Waals surface area contributed by atoms with Gasteiger partial charge < -0.3 is 19.5 Å². The number of amides is 1. The van der Waals surface area contributed by atoms with Crippen molar-refractivity contribution in [3.63, 3.8) is 0 Å². The summed E-state index contributed by atoms with van der Waals surface area (Å²) in [4.78, 5) is 39.0. The van der Waals surface area contributed by atoms with Crippen LogP contribution in [0.3, 0.4) is 0 Å². The number of imidazole rings is 1. The first-order chi connectivity index (χ1) is 14.1. The maximum Gasteiger partial charge on any atom is 0.410 e. The smallest absolute Gasteiger partial charge is 0.410 e. The summed E-state index contributed by atoms with van der Waals surface area (Å²) in [5.74, 6) is -0.545. The van der Waals surface area contributed by atoms with Gasteiger partial charge in [-0.2, -0.15) is 0 Å². The van der Waals surface area contributed by atoms with E-state index in [-0.39, 0.29) is 37.1 Å². The second kappa shape index (κ2) is 7.23. The van der Waals surface area contributed by atoms with E-state index in [1.54, 1.807) is 45.0 Å². The van der Waals surface area contributed by atoms with Crippen molar-refractivity contribution in [1.82, 2.24) is 14.0 Å². The zero-order valence-corrected chi connectivity index (χ0v) is 17.3. The molecule has 160 valence electrons. The van der Waals surface area contributed by atoms with Crippen LogP contribution < -0.4 is 10.4 Å². The summed E-state index contributed by atoms with van der Waals surface area (Å²) in [6.07, 6.45) is 1.77. The van der Waals surface area contributed by atoms with Gasteiger partial charge in [-0.15, -0.1) is 0 Å². The predicted molar refractivity (Wildman–Crippen MR) is 107 cm³/mol. The number of hydrogen-bond donors (Lipinski definition) is 1. The van der Waals surface area contributed by atoms with Gasteiger partial charge in [-0.3, -0.25) is 9.13 Å². The Bertz CT molecular complexity index is 1040. The van der Waals surface area contributed by atoms with Gasteiger partial charge in [0.2, 0.25) is 0 Å². The van der Waals surface area contributed by atoms with Crippen LogP contribution in [0.1, 0.15) is 49.8 Å². The van der Waals surface area contributed by atoms with Crippen LogP contribution in [0.15, 0.2) is 29.1 Å².